The van der Waals surface area contributed by atoms with Crippen LogP contribution in [-0.4, -0.2) is 36.5 Å². The van der Waals surface area contributed by atoms with E-state index < -0.39 is 0 Å². The van der Waals surface area contributed by atoms with Gasteiger partial charge < -0.3 is 4.90 Å². The molecule has 0 aromatic rings. The van der Waals surface area contributed by atoms with Crippen molar-refractivity contribution in [3.05, 3.63) is 12.7 Å². The van der Waals surface area contributed by atoms with E-state index in [-0.39, 0.29) is 18.5 Å². The summed E-state index contributed by atoms with van der Waals surface area (Å²) >= 11 is 0. The van der Waals surface area contributed by atoms with Crippen LogP contribution in [0.15, 0.2) is 12.7 Å². The number of nitrogens with one attached hydrogen (secondary N) is 1. The minimum absolute atomic E-state index is 0.0511. The monoisotopic (exact) mass is 194 g/mol. The lowest BCUT2D eigenvalue weighted by molar-refractivity contribution is -0.131. The van der Waals surface area contributed by atoms with Crippen LogP contribution in [0, 0.1) is 12.3 Å². The fourth-order valence-electron chi connectivity index (χ4n) is 1.08. The Hall–Kier alpha value is -1.27. The SMILES string of the molecule is C#CCNCC(=O)N(CC=C)C(C)C. The van der Waals surface area contributed by atoms with Crippen molar-refractivity contribution in [3.8, 4) is 12.3 Å². The van der Waals surface area contributed by atoms with Gasteiger partial charge in [0.2, 0.25) is 5.91 Å². The smallest absolute Gasteiger partial charge is 0.237 e. The van der Waals surface area contributed by atoms with E-state index in [2.05, 4.69) is 17.8 Å². The molecule has 3 heteroatoms. The zero-order valence-corrected chi connectivity index (χ0v) is 8.92. The molecular weight excluding hydrogens is 176 g/mol. The molecule has 0 saturated carbocycles. The van der Waals surface area contributed by atoms with Crippen molar-refractivity contribution in [3.63, 3.8) is 0 Å². The molecule has 0 aromatic carbocycles. The zero-order chi connectivity index (χ0) is 11.0. The van der Waals surface area contributed by atoms with Gasteiger partial charge in [-0.2, -0.15) is 0 Å². The third kappa shape index (κ3) is 4.68. The molecule has 0 aliphatic heterocycles. The Morgan fingerprint density at radius 3 is 2.79 bits per heavy atom. The molecule has 0 rings (SSSR count). The number of nitrogens with zero attached hydrogens (tertiary/aromatic N) is 1. The number of hydrogen-bond acceptors (Lipinski definition) is 2. The van der Waals surface area contributed by atoms with E-state index in [1.54, 1.807) is 11.0 Å². The van der Waals surface area contributed by atoms with Gasteiger partial charge in [-0.15, -0.1) is 13.0 Å². The van der Waals surface area contributed by atoms with Gasteiger partial charge in [-0.05, 0) is 13.8 Å². The predicted molar refractivity (Wildman–Crippen MR) is 58.7 cm³/mol. The Labute approximate surface area is 86.2 Å². The summed E-state index contributed by atoms with van der Waals surface area (Å²) in [7, 11) is 0. The molecule has 0 aliphatic carbocycles. The molecule has 0 bridgehead atoms. The molecule has 14 heavy (non-hydrogen) atoms. The summed E-state index contributed by atoms with van der Waals surface area (Å²) in [5, 5.41) is 2.87. The highest BCUT2D eigenvalue weighted by molar-refractivity contribution is 5.78. The second-order valence-electron chi connectivity index (χ2n) is 3.24. The first-order valence-electron chi connectivity index (χ1n) is 4.68. The molecule has 0 radical (unpaired) electrons. The van der Waals surface area contributed by atoms with Crippen LogP contribution in [0.4, 0.5) is 0 Å². The van der Waals surface area contributed by atoms with Crippen LogP contribution in [0.2, 0.25) is 0 Å². The normalized spacial score (nSPS) is 9.57. The first kappa shape index (κ1) is 12.7. The maximum Gasteiger partial charge on any atom is 0.237 e. The summed E-state index contributed by atoms with van der Waals surface area (Å²) in [5.74, 6) is 2.47. The summed E-state index contributed by atoms with van der Waals surface area (Å²) in [5.41, 5.74) is 0. The van der Waals surface area contributed by atoms with Crippen LogP contribution in [0.1, 0.15) is 13.8 Å². The van der Waals surface area contributed by atoms with E-state index in [9.17, 15) is 4.79 Å². The lowest BCUT2D eigenvalue weighted by atomic mass is 10.3. The fraction of sp³-hybridized carbons (Fsp3) is 0.545. The second kappa shape index (κ2) is 7.16. The van der Waals surface area contributed by atoms with E-state index in [1.165, 1.54) is 0 Å². The molecular formula is C11H18N2O. The molecule has 0 atom stereocenters. The lowest BCUT2D eigenvalue weighted by Crippen LogP contribution is -2.42. The first-order chi connectivity index (χ1) is 6.63. The minimum atomic E-state index is 0.0511. The third-order valence-electron chi connectivity index (χ3n) is 1.77. The van der Waals surface area contributed by atoms with Crippen LogP contribution in [0.3, 0.4) is 0 Å². The van der Waals surface area contributed by atoms with Gasteiger partial charge in [0.05, 0.1) is 13.1 Å². The average Bonchev–Trinajstić information content (AvgIpc) is 2.13. The van der Waals surface area contributed by atoms with Crippen LogP contribution in [0.25, 0.3) is 0 Å². The fourth-order valence-corrected chi connectivity index (χ4v) is 1.08. The first-order valence-corrected chi connectivity index (χ1v) is 4.68. The van der Waals surface area contributed by atoms with Gasteiger partial charge in [0.1, 0.15) is 0 Å². The largest absolute Gasteiger partial charge is 0.335 e. The molecule has 0 unspecified atom stereocenters. The van der Waals surface area contributed by atoms with Crippen LogP contribution in [0.5, 0.6) is 0 Å². The Balaban J connectivity index is 4.03. The molecule has 0 fully saturated rings. The molecule has 78 valence electrons. The van der Waals surface area contributed by atoms with Gasteiger partial charge >= 0.3 is 0 Å². The summed E-state index contributed by atoms with van der Waals surface area (Å²) < 4.78 is 0. The van der Waals surface area contributed by atoms with Gasteiger partial charge in [0, 0.05) is 12.6 Å². The van der Waals surface area contributed by atoms with Crippen molar-refractivity contribution in [1.29, 1.82) is 0 Å². The standard InChI is InChI=1S/C11H18N2O/c1-5-7-12-9-11(14)13(8-6-2)10(3)4/h1,6,10,12H,2,7-9H2,3-4H3. The molecule has 0 saturated heterocycles. The second-order valence-corrected chi connectivity index (χ2v) is 3.24. The Morgan fingerprint density at radius 2 is 2.36 bits per heavy atom. The van der Waals surface area contributed by atoms with E-state index in [0.29, 0.717) is 13.1 Å². The number of carbonyl (C=O) groups excluding carboxylic acids is 1. The van der Waals surface area contributed by atoms with Gasteiger partial charge in [-0.25, -0.2) is 0 Å². The van der Waals surface area contributed by atoms with Crippen LogP contribution in [-0.2, 0) is 4.79 Å². The molecule has 1 N–H and O–H groups in total. The third-order valence-corrected chi connectivity index (χ3v) is 1.77. The summed E-state index contributed by atoms with van der Waals surface area (Å²) in [6.07, 6.45) is 6.78. The quantitative estimate of drug-likeness (QED) is 0.382. The van der Waals surface area contributed by atoms with Crippen molar-refractivity contribution >= 4 is 5.91 Å². The maximum atomic E-state index is 11.6. The summed E-state index contributed by atoms with van der Waals surface area (Å²) in [6, 6.07) is 0.188. The molecule has 1 amide bonds. The van der Waals surface area contributed by atoms with E-state index in [1.807, 2.05) is 13.8 Å². The molecule has 0 aromatic heterocycles. The van der Waals surface area contributed by atoms with E-state index >= 15 is 0 Å². The molecule has 0 spiro atoms. The number of carbonyl (C=O) groups is 1. The van der Waals surface area contributed by atoms with Crippen molar-refractivity contribution < 1.29 is 4.79 Å². The van der Waals surface area contributed by atoms with Crippen molar-refractivity contribution in [2.45, 2.75) is 19.9 Å². The highest BCUT2D eigenvalue weighted by Crippen LogP contribution is 1.98. The molecule has 3 nitrogen and oxygen atoms in total. The van der Waals surface area contributed by atoms with Gasteiger partial charge in [0.25, 0.3) is 0 Å². The van der Waals surface area contributed by atoms with Crippen molar-refractivity contribution in [1.82, 2.24) is 10.2 Å². The molecule has 0 aliphatic rings. The van der Waals surface area contributed by atoms with E-state index in [4.69, 9.17) is 6.42 Å². The van der Waals surface area contributed by atoms with Crippen molar-refractivity contribution in [2.24, 2.45) is 0 Å². The summed E-state index contributed by atoms with van der Waals surface area (Å²) in [4.78, 5) is 13.3. The number of amides is 1. The average molecular weight is 194 g/mol. The topological polar surface area (TPSA) is 32.3 Å². The summed E-state index contributed by atoms with van der Waals surface area (Å²) in [6.45, 7) is 8.85. The minimum Gasteiger partial charge on any atom is -0.335 e. The zero-order valence-electron chi connectivity index (χ0n) is 8.92. The van der Waals surface area contributed by atoms with Crippen LogP contribution >= 0.6 is 0 Å². The van der Waals surface area contributed by atoms with Gasteiger partial charge in [-0.1, -0.05) is 12.0 Å². The Morgan fingerprint density at radius 1 is 1.71 bits per heavy atom. The highest BCUT2D eigenvalue weighted by Gasteiger charge is 2.13. The number of rotatable bonds is 6. The van der Waals surface area contributed by atoms with Gasteiger partial charge in [0.15, 0.2) is 0 Å². The van der Waals surface area contributed by atoms with E-state index in [0.717, 1.165) is 0 Å². The van der Waals surface area contributed by atoms with Crippen molar-refractivity contribution in [2.75, 3.05) is 19.6 Å². The highest BCUT2D eigenvalue weighted by atomic mass is 16.2. The molecule has 0 heterocycles. The predicted octanol–water partition coefficient (Wildman–Crippen LogP) is 0.632. The lowest BCUT2D eigenvalue weighted by Gasteiger charge is -2.25. The Kier molecular flexibility index (Phi) is 6.51. The number of terminal acetylenes is 1. The number of hydrogen-bond donors (Lipinski definition) is 1. The Bertz CT molecular complexity index is 228. The maximum absolute atomic E-state index is 11.6. The van der Waals surface area contributed by atoms with Gasteiger partial charge in [-0.3, -0.25) is 10.1 Å². The van der Waals surface area contributed by atoms with Crippen LogP contribution < -0.4 is 5.32 Å².